The van der Waals surface area contributed by atoms with Crippen molar-refractivity contribution in [2.45, 2.75) is 38.8 Å². The van der Waals surface area contributed by atoms with E-state index in [4.69, 9.17) is 14.3 Å². The van der Waals surface area contributed by atoms with Gasteiger partial charge in [0.05, 0.1) is 18.7 Å². The number of carbonyl (C=O) groups excluding carboxylic acids is 1. The van der Waals surface area contributed by atoms with Gasteiger partial charge in [-0.05, 0) is 26.8 Å². The van der Waals surface area contributed by atoms with E-state index in [0.717, 1.165) is 5.39 Å². The Morgan fingerprint density at radius 2 is 2.00 bits per heavy atom. The zero-order valence-corrected chi connectivity index (χ0v) is 12.8. The molecule has 0 bridgehead atoms. The van der Waals surface area contributed by atoms with Gasteiger partial charge in [0.1, 0.15) is 11.2 Å². The van der Waals surface area contributed by atoms with Crippen LogP contribution < -0.4 is 5.32 Å². The smallest absolute Gasteiger partial charge is 0.408 e. The number of ether oxygens (including phenoxy) is 1. The quantitative estimate of drug-likeness (QED) is 0.902. The standard InChI is InChI=1S/C16H19NO5/c1-16(2,3)22-15(20)17-12(8-14(18)19)11-9-21-13-7-5-4-6-10(11)13/h4-7,9,12H,8H2,1-3H3,(H,17,20)(H,18,19)/t12-/m1/s1. The average Bonchev–Trinajstić information content (AvgIpc) is 2.78. The summed E-state index contributed by atoms with van der Waals surface area (Å²) >= 11 is 0. The van der Waals surface area contributed by atoms with Gasteiger partial charge in [0.15, 0.2) is 0 Å². The van der Waals surface area contributed by atoms with Crippen LogP contribution in [0.4, 0.5) is 4.79 Å². The Morgan fingerprint density at radius 3 is 2.64 bits per heavy atom. The highest BCUT2D eigenvalue weighted by molar-refractivity contribution is 5.83. The zero-order chi connectivity index (χ0) is 16.3. The van der Waals surface area contributed by atoms with E-state index in [-0.39, 0.29) is 6.42 Å². The fourth-order valence-electron chi connectivity index (χ4n) is 2.13. The van der Waals surface area contributed by atoms with Gasteiger partial charge in [-0.3, -0.25) is 4.79 Å². The van der Waals surface area contributed by atoms with E-state index in [2.05, 4.69) is 5.32 Å². The SMILES string of the molecule is CC(C)(C)OC(=O)N[C@H](CC(=O)O)c1coc2ccccc12. The largest absolute Gasteiger partial charge is 0.481 e. The van der Waals surface area contributed by atoms with Gasteiger partial charge in [-0.2, -0.15) is 0 Å². The molecule has 0 saturated carbocycles. The number of aliphatic carboxylic acids is 1. The highest BCUT2D eigenvalue weighted by Crippen LogP contribution is 2.28. The van der Waals surface area contributed by atoms with E-state index in [1.165, 1.54) is 6.26 Å². The summed E-state index contributed by atoms with van der Waals surface area (Å²) < 4.78 is 10.6. The summed E-state index contributed by atoms with van der Waals surface area (Å²) in [5.74, 6) is -1.02. The predicted octanol–water partition coefficient (Wildman–Crippen LogP) is 3.47. The number of carboxylic acid groups (broad SMARTS) is 1. The number of hydrogen-bond donors (Lipinski definition) is 2. The molecule has 1 aromatic carbocycles. The van der Waals surface area contributed by atoms with Gasteiger partial charge in [0.25, 0.3) is 0 Å². The molecule has 1 aromatic heterocycles. The minimum Gasteiger partial charge on any atom is -0.481 e. The van der Waals surface area contributed by atoms with E-state index >= 15 is 0 Å². The molecule has 2 N–H and O–H groups in total. The number of amides is 1. The third-order valence-corrected chi connectivity index (χ3v) is 2.96. The Hall–Kier alpha value is -2.50. The number of alkyl carbamates (subject to hydrolysis) is 1. The van der Waals surface area contributed by atoms with Gasteiger partial charge in [-0.25, -0.2) is 4.79 Å². The van der Waals surface area contributed by atoms with Gasteiger partial charge in [-0.1, -0.05) is 18.2 Å². The minimum absolute atomic E-state index is 0.261. The highest BCUT2D eigenvalue weighted by Gasteiger charge is 2.25. The first-order valence-electron chi connectivity index (χ1n) is 6.94. The maximum Gasteiger partial charge on any atom is 0.408 e. The third kappa shape index (κ3) is 4.00. The second kappa shape index (κ2) is 6.09. The fourth-order valence-corrected chi connectivity index (χ4v) is 2.13. The summed E-state index contributed by atoms with van der Waals surface area (Å²) in [5, 5.41) is 12.4. The number of hydrogen-bond acceptors (Lipinski definition) is 4. The van der Waals surface area contributed by atoms with Crippen LogP contribution in [-0.2, 0) is 9.53 Å². The summed E-state index contributed by atoms with van der Waals surface area (Å²) in [6, 6.07) is 6.52. The topological polar surface area (TPSA) is 88.8 Å². The lowest BCUT2D eigenvalue weighted by Crippen LogP contribution is -2.35. The number of para-hydroxylation sites is 1. The molecule has 0 fully saturated rings. The number of nitrogens with one attached hydrogen (secondary N) is 1. The van der Waals surface area contributed by atoms with Crippen LogP contribution in [-0.4, -0.2) is 22.8 Å². The Labute approximate surface area is 128 Å². The second-order valence-corrected chi connectivity index (χ2v) is 5.98. The molecule has 2 aromatic rings. The van der Waals surface area contributed by atoms with Crippen molar-refractivity contribution in [3.8, 4) is 0 Å². The van der Waals surface area contributed by atoms with Crippen LogP contribution in [0.5, 0.6) is 0 Å². The van der Waals surface area contributed by atoms with Crippen LogP contribution in [0.15, 0.2) is 34.9 Å². The maximum absolute atomic E-state index is 11.9. The van der Waals surface area contributed by atoms with Gasteiger partial charge in [-0.15, -0.1) is 0 Å². The average molecular weight is 305 g/mol. The van der Waals surface area contributed by atoms with Crippen LogP contribution in [0.1, 0.15) is 38.8 Å². The molecule has 22 heavy (non-hydrogen) atoms. The fraction of sp³-hybridized carbons (Fsp3) is 0.375. The number of fused-ring (bicyclic) bond motifs is 1. The lowest BCUT2D eigenvalue weighted by Gasteiger charge is -2.22. The molecule has 6 nitrogen and oxygen atoms in total. The summed E-state index contributed by atoms with van der Waals surface area (Å²) in [6.45, 7) is 5.23. The van der Waals surface area contributed by atoms with Gasteiger partial charge in [0.2, 0.25) is 0 Å². The molecule has 6 heteroatoms. The molecule has 0 saturated heterocycles. The molecule has 0 radical (unpaired) electrons. The molecule has 0 aliphatic heterocycles. The molecule has 1 amide bonds. The van der Waals surface area contributed by atoms with Crippen molar-refractivity contribution in [1.82, 2.24) is 5.32 Å². The molecule has 0 unspecified atom stereocenters. The zero-order valence-electron chi connectivity index (χ0n) is 12.8. The molecule has 2 rings (SSSR count). The van der Waals surface area contributed by atoms with Crippen LogP contribution in [0.3, 0.4) is 0 Å². The molecule has 1 atom stereocenters. The Morgan fingerprint density at radius 1 is 1.32 bits per heavy atom. The molecule has 1 heterocycles. The molecule has 118 valence electrons. The lowest BCUT2D eigenvalue weighted by molar-refractivity contribution is -0.137. The van der Waals surface area contributed by atoms with Crippen molar-refractivity contribution >= 4 is 23.0 Å². The first kappa shape index (κ1) is 15.9. The van der Waals surface area contributed by atoms with Crippen molar-refractivity contribution < 1.29 is 23.8 Å². The van der Waals surface area contributed by atoms with E-state index in [9.17, 15) is 9.59 Å². The Balaban J connectivity index is 2.26. The molecule has 0 aliphatic rings. The van der Waals surface area contributed by atoms with Crippen molar-refractivity contribution in [3.05, 3.63) is 36.1 Å². The molecular formula is C16H19NO5. The van der Waals surface area contributed by atoms with Crippen molar-refractivity contribution in [3.63, 3.8) is 0 Å². The van der Waals surface area contributed by atoms with Gasteiger partial charge in [0, 0.05) is 10.9 Å². The minimum atomic E-state index is -1.02. The van der Waals surface area contributed by atoms with Crippen LogP contribution in [0, 0.1) is 0 Å². The monoisotopic (exact) mass is 305 g/mol. The van der Waals surface area contributed by atoms with E-state index in [1.54, 1.807) is 26.8 Å². The van der Waals surface area contributed by atoms with E-state index < -0.39 is 23.7 Å². The molecule has 0 aliphatic carbocycles. The first-order valence-corrected chi connectivity index (χ1v) is 6.94. The van der Waals surface area contributed by atoms with Crippen LogP contribution in [0.25, 0.3) is 11.0 Å². The van der Waals surface area contributed by atoms with Crippen LogP contribution in [0.2, 0.25) is 0 Å². The Bertz CT molecular complexity index is 683. The first-order chi connectivity index (χ1) is 10.3. The highest BCUT2D eigenvalue weighted by atomic mass is 16.6. The maximum atomic E-state index is 11.9. The third-order valence-electron chi connectivity index (χ3n) is 2.96. The molecular weight excluding hydrogens is 286 g/mol. The number of carboxylic acids is 1. The normalized spacial score (nSPS) is 12.9. The number of carbonyl (C=O) groups is 2. The van der Waals surface area contributed by atoms with Gasteiger partial charge >= 0.3 is 12.1 Å². The van der Waals surface area contributed by atoms with Crippen molar-refractivity contribution in [2.24, 2.45) is 0 Å². The van der Waals surface area contributed by atoms with E-state index in [0.29, 0.717) is 11.1 Å². The number of rotatable bonds is 4. The number of furan rings is 1. The van der Waals surface area contributed by atoms with Crippen LogP contribution >= 0.6 is 0 Å². The summed E-state index contributed by atoms with van der Waals surface area (Å²) in [7, 11) is 0. The van der Waals surface area contributed by atoms with E-state index in [1.807, 2.05) is 18.2 Å². The summed E-state index contributed by atoms with van der Waals surface area (Å²) in [6.07, 6.45) is 0.544. The summed E-state index contributed by atoms with van der Waals surface area (Å²) in [5.41, 5.74) is 0.596. The second-order valence-electron chi connectivity index (χ2n) is 5.98. The van der Waals surface area contributed by atoms with Gasteiger partial charge < -0.3 is 19.6 Å². The van der Waals surface area contributed by atoms with Crippen molar-refractivity contribution in [1.29, 1.82) is 0 Å². The van der Waals surface area contributed by atoms with Crippen molar-refractivity contribution in [2.75, 3.05) is 0 Å². The lowest BCUT2D eigenvalue weighted by atomic mass is 10.0. The predicted molar refractivity (Wildman–Crippen MR) is 80.6 cm³/mol. The number of benzene rings is 1. The Kier molecular flexibility index (Phi) is 4.40. The summed E-state index contributed by atoms with van der Waals surface area (Å²) in [4.78, 5) is 23.0. The molecule has 0 spiro atoms.